The van der Waals surface area contributed by atoms with E-state index in [4.69, 9.17) is 9.47 Å². The normalized spacial score (nSPS) is 26.9. The number of carbonyl (C=O) groups excluding carboxylic acids is 1. The van der Waals surface area contributed by atoms with Crippen molar-refractivity contribution in [3.63, 3.8) is 0 Å². The lowest BCUT2D eigenvalue weighted by Crippen LogP contribution is -2.58. The highest BCUT2D eigenvalue weighted by Crippen LogP contribution is 2.40. The van der Waals surface area contributed by atoms with E-state index >= 15 is 0 Å². The average molecular weight is 335 g/mol. The number of rotatable bonds is 5. The minimum absolute atomic E-state index is 0.0560. The molecule has 1 amide bonds. The van der Waals surface area contributed by atoms with E-state index in [1.807, 2.05) is 11.8 Å². The first-order chi connectivity index (χ1) is 11.6. The van der Waals surface area contributed by atoms with Gasteiger partial charge in [-0.3, -0.25) is 4.79 Å². The van der Waals surface area contributed by atoms with Gasteiger partial charge in [-0.05, 0) is 43.9 Å². The van der Waals surface area contributed by atoms with E-state index in [0.717, 1.165) is 31.4 Å². The van der Waals surface area contributed by atoms with Crippen LogP contribution in [0.2, 0.25) is 0 Å². The number of hydrogen-bond donors (Lipinski definition) is 0. The zero-order valence-corrected chi connectivity index (χ0v) is 14.3. The first-order valence-corrected chi connectivity index (χ1v) is 8.84. The molecule has 1 aromatic carbocycles. The van der Waals surface area contributed by atoms with Gasteiger partial charge in [-0.15, -0.1) is 0 Å². The average Bonchev–Trinajstić information content (AvgIpc) is 2.59. The van der Waals surface area contributed by atoms with Gasteiger partial charge in [0, 0.05) is 31.7 Å². The largest absolute Gasteiger partial charge is 0.381 e. The first-order valence-electron chi connectivity index (χ1n) is 8.84. The molecule has 2 heterocycles. The number of likely N-dealkylation sites (tertiary alicyclic amines) is 1. The maximum atomic E-state index is 13.3. The van der Waals surface area contributed by atoms with E-state index in [1.165, 1.54) is 12.1 Å². The summed E-state index contributed by atoms with van der Waals surface area (Å²) in [4.78, 5) is 14.6. The zero-order valence-electron chi connectivity index (χ0n) is 14.3. The summed E-state index contributed by atoms with van der Waals surface area (Å²) in [6, 6.07) is 6.28. The standard InChI is InChI=1S/C19H26FNO3/c1-2-23-14-19-8-4-10-24-17(19)7-9-21(13-19)18(22)12-15-5-3-6-16(20)11-15/h3,5-6,11,17H,2,4,7-10,12-14H2,1H3/t17-,19+/m1/s1. The van der Waals surface area contributed by atoms with Crippen molar-refractivity contribution in [1.82, 2.24) is 4.90 Å². The molecule has 2 saturated heterocycles. The van der Waals surface area contributed by atoms with E-state index < -0.39 is 0 Å². The smallest absolute Gasteiger partial charge is 0.227 e. The molecule has 2 atom stereocenters. The van der Waals surface area contributed by atoms with Crippen molar-refractivity contribution in [3.8, 4) is 0 Å². The monoisotopic (exact) mass is 335 g/mol. The molecule has 0 bridgehead atoms. The third kappa shape index (κ3) is 3.78. The number of fused-ring (bicyclic) bond motifs is 1. The van der Waals surface area contributed by atoms with E-state index in [-0.39, 0.29) is 29.7 Å². The zero-order chi connectivity index (χ0) is 17.0. The van der Waals surface area contributed by atoms with Crippen molar-refractivity contribution in [1.29, 1.82) is 0 Å². The van der Waals surface area contributed by atoms with Gasteiger partial charge in [0.15, 0.2) is 0 Å². The SMILES string of the molecule is CCOC[C@@]12CCCO[C@@H]1CCN(C(=O)Cc1cccc(F)c1)C2. The fourth-order valence-electron chi connectivity index (χ4n) is 3.95. The highest BCUT2D eigenvalue weighted by atomic mass is 19.1. The molecule has 2 aliphatic rings. The Morgan fingerprint density at radius 1 is 1.50 bits per heavy atom. The lowest BCUT2D eigenvalue weighted by molar-refractivity contribution is -0.163. The van der Waals surface area contributed by atoms with Crippen LogP contribution in [0.4, 0.5) is 4.39 Å². The van der Waals surface area contributed by atoms with Gasteiger partial charge in [-0.2, -0.15) is 0 Å². The second-order valence-corrected chi connectivity index (χ2v) is 6.87. The summed E-state index contributed by atoms with van der Waals surface area (Å²) in [6.07, 6.45) is 3.31. The van der Waals surface area contributed by atoms with Crippen LogP contribution in [0.25, 0.3) is 0 Å². The van der Waals surface area contributed by atoms with Crippen LogP contribution in [-0.2, 0) is 20.7 Å². The van der Waals surface area contributed by atoms with Crippen LogP contribution >= 0.6 is 0 Å². The first kappa shape index (κ1) is 17.4. The quantitative estimate of drug-likeness (QED) is 0.830. The summed E-state index contributed by atoms with van der Waals surface area (Å²) in [7, 11) is 0. The summed E-state index contributed by atoms with van der Waals surface area (Å²) in [5.74, 6) is -0.243. The Balaban J connectivity index is 1.69. The van der Waals surface area contributed by atoms with Gasteiger partial charge in [0.1, 0.15) is 5.82 Å². The third-order valence-electron chi connectivity index (χ3n) is 5.18. The molecule has 0 aliphatic carbocycles. The molecule has 0 spiro atoms. The van der Waals surface area contributed by atoms with Crippen LogP contribution in [0.15, 0.2) is 24.3 Å². The van der Waals surface area contributed by atoms with Crippen LogP contribution < -0.4 is 0 Å². The fourth-order valence-corrected chi connectivity index (χ4v) is 3.95. The number of nitrogens with zero attached hydrogens (tertiary/aromatic N) is 1. The van der Waals surface area contributed by atoms with Crippen LogP contribution in [0.5, 0.6) is 0 Å². The predicted octanol–water partition coefficient (Wildman–Crippen LogP) is 2.80. The Labute approximate surface area is 142 Å². The Bertz CT molecular complexity index is 579. The van der Waals surface area contributed by atoms with E-state index in [0.29, 0.717) is 26.3 Å². The van der Waals surface area contributed by atoms with Crippen molar-refractivity contribution in [2.24, 2.45) is 5.41 Å². The van der Waals surface area contributed by atoms with Crippen LogP contribution in [-0.4, -0.2) is 49.8 Å². The second-order valence-electron chi connectivity index (χ2n) is 6.87. The number of halogens is 1. The molecule has 4 nitrogen and oxygen atoms in total. The van der Waals surface area contributed by atoms with Crippen molar-refractivity contribution >= 4 is 5.91 Å². The van der Waals surface area contributed by atoms with Crippen LogP contribution in [0.3, 0.4) is 0 Å². The summed E-state index contributed by atoms with van der Waals surface area (Å²) in [6.45, 7) is 5.48. The summed E-state index contributed by atoms with van der Waals surface area (Å²) in [5, 5.41) is 0. The molecule has 3 rings (SSSR count). The third-order valence-corrected chi connectivity index (χ3v) is 5.18. The Kier molecular flexibility index (Phi) is 5.51. The number of benzene rings is 1. The molecule has 24 heavy (non-hydrogen) atoms. The van der Waals surface area contributed by atoms with Gasteiger partial charge in [0.05, 0.1) is 19.1 Å². The Hall–Kier alpha value is -1.46. The number of piperidine rings is 1. The van der Waals surface area contributed by atoms with Gasteiger partial charge in [-0.1, -0.05) is 12.1 Å². The number of ether oxygens (including phenoxy) is 2. The molecule has 0 N–H and O–H groups in total. The topological polar surface area (TPSA) is 38.8 Å². The van der Waals surface area contributed by atoms with Crippen molar-refractivity contribution < 1.29 is 18.7 Å². The molecule has 5 heteroatoms. The number of carbonyl (C=O) groups is 1. The molecule has 2 fully saturated rings. The number of hydrogen-bond acceptors (Lipinski definition) is 3. The predicted molar refractivity (Wildman–Crippen MR) is 89.2 cm³/mol. The maximum absolute atomic E-state index is 13.3. The molecule has 132 valence electrons. The lowest BCUT2D eigenvalue weighted by atomic mass is 9.73. The molecular weight excluding hydrogens is 309 g/mol. The van der Waals surface area contributed by atoms with E-state index in [9.17, 15) is 9.18 Å². The molecular formula is C19H26FNO3. The summed E-state index contributed by atoms with van der Waals surface area (Å²) < 4.78 is 25.0. The fraction of sp³-hybridized carbons (Fsp3) is 0.632. The summed E-state index contributed by atoms with van der Waals surface area (Å²) >= 11 is 0. The Morgan fingerprint density at radius 3 is 3.17 bits per heavy atom. The minimum Gasteiger partial charge on any atom is -0.381 e. The van der Waals surface area contributed by atoms with Gasteiger partial charge in [0.25, 0.3) is 0 Å². The maximum Gasteiger partial charge on any atom is 0.227 e. The molecule has 1 aromatic rings. The van der Waals surface area contributed by atoms with Crippen molar-refractivity contribution in [2.75, 3.05) is 32.9 Å². The lowest BCUT2D eigenvalue weighted by Gasteiger charge is -2.50. The van der Waals surface area contributed by atoms with Crippen molar-refractivity contribution in [3.05, 3.63) is 35.6 Å². The van der Waals surface area contributed by atoms with Crippen molar-refractivity contribution in [2.45, 2.75) is 38.7 Å². The van der Waals surface area contributed by atoms with E-state index in [1.54, 1.807) is 12.1 Å². The van der Waals surface area contributed by atoms with Gasteiger partial charge in [-0.25, -0.2) is 4.39 Å². The molecule has 0 radical (unpaired) electrons. The van der Waals surface area contributed by atoms with Crippen LogP contribution in [0, 0.1) is 11.2 Å². The highest BCUT2D eigenvalue weighted by molar-refractivity contribution is 5.79. The van der Waals surface area contributed by atoms with Gasteiger partial charge < -0.3 is 14.4 Å². The van der Waals surface area contributed by atoms with Gasteiger partial charge in [0.2, 0.25) is 5.91 Å². The molecule has 0 saturated carbocycles. The molecule has 0 unspecified atom stereocenters. The van der Waals surface area contributed by atoms with E-state index in [2.05, 4.69) is 0 Å². The minimum atomic E-state index is -0.299. The summed E-state index contributed by atoms with van der Waals surface area (Å²) in [5.41, 5.74) is 0.630. The van der Waals surface area contributed by atoms with Crippen LogP contribution in [0.1, 0.15) is 31.7 Å². The molecule has 0 aromatic heterocycles. The molecule has 2 aliphatic heterocycles. The number of amides is 1. The second kappa shape index (κ2) is 7.62. The highest BCUT2D eigenvalue weighted by Gasteiger charge is 2.47. The Morgan fingerprint density at radius 2 is 2.38 bits per heavy atom. The van der Waals surface area contributed by atoms with Gasteiger partial charge >= 0.3 is 0 Å².